The maximum atomic E-state index is 13.4. The van der Waals surface area contributed by atoms with Crippen LogP contribution < -0.4 is 18.9 Å². The molecule has 224 valence electrons. The van der Waals surface area contributed by atoms with Crippen molar-refractivity contribution in [3.8, 4) is 23.0 Å². The first-order valence-electron chi connectivity index (χ1n) is 12.9. The van der Waals surface area contributed by atoms with Crippen molar-refractivity contribution in [2.24, 2.45) is 9.98 Å². The number of hydrogen-bond acceptors (Lipinski definition) is 10. The Morgan fingerprint density at radius 2 is 0.884 bits per heavy atom. The van der Waals surface area contributed by atoms with Crippen molar-refractivity contribution in [3.63, 3.8) is 0 Å². The van der Waals surface area contributed by atoms with Crippen LogP contribution in [0, 0.1) is 0 Å². The fraction of sp³-hybridized carbons (Fsp3) is 0.188. The fourth-order valence-corrected chi connectivity index (χ4v) is 5.43. The molecule has 0 atom stereocenters. The molecule has 0 radical (unpaired) electrons. The number of sulfone groups is 1. The molecule has 43 heavy (non-hydrogen) atoms. The summed E-state index contributed by atoms with van der Waals surface area (Å²) in [7, 11) is 5.39. The molecule has 10 nitrogen and oxygen atoms in total. The van der Waals surface area contributed by atoms with Gasteiger partial charge >= 0.3 is 0 Å². The highest BCUT2D eigenvalue weighted by molar-refractivity contribution is 7.91. The van der Waals surface area contributed by atoms with E-state index < -0.39 is 9.84 Å². The number of hydrogen-bond donors (Lipinski definition) is 0. The predicted molar refractivity (Wildman–Crippen MR) is 164 cm³/mol. The van der Waals surface area contributed by atoms with Gasteiger partial charge < -0.3 is 28.4 Å². The molecule has 0 unspecified atom stereocenters. The SMILES string of the molecule is COC(=Nc1ccc(S(=O)(=O)c2ccc(N=C(OC)c3cc(OC)ccc3OC)cc2)cc1)c1cc(OC)ccc1OC. The van der Waals surface area contributed by atoms with E-state index >= 15 is 0 Å². The molecule has 0 bridgehead atoms. The molecule has 0 aliphatic carbocycles. The predicted octanol–water partition coefficient (Wildman–Crippen LogP) is 6.00. The molecule has 0 saturated carbocycles. The first-order chi connectivity index (χ1) is 20.8. The van der Waals surface area contributed by atoms with Crippen LogP contribution in [0.1, 0.15) is 11.1 Å². The van der Waals surface area contributed by atoms with E-state index in [0.29, 0.717) is 45.5 Å². The fourth-order valence-electron chi connectivity index (χ4n) is 4.16. The standard InChI is InChI=1S/C32H32N2O8S/c1-37-23-11-17-29(39-3)27(19-23)31(41-5)33-21-7-13-25(14-8-21)43(35,36)26-15-9-22(10-16-26)34-32(42-6)28-20-24(38-2)12-18-30(28)40-4/h7-20H,1-6H3. The first-order valence-corrected chi connectivity index (χ1v) is 14.4. The Morgan fingerprint density at radius 3 is 1.19 bits per heavy atom. The molecule has 0 aromatic heterocycles. The molecule has 11 heteroatoms. The van der Waals surface area contributed by atoms with Crippen molar-refractivity contribution in [2.75, 3.05) is 42.7 Å². The van der Waals surface area contributed by atoms with Gasteiger partial charge in [0.2, 0.25) is 21.6 Å². The molecular weight excluding hydrogens is 572 g/mol. The van der Waals surface area contributed by atoms with Crippen LogP contribution >= 0.6 is 0 Å². The molecule has 0 spiro atoms. The summed E-state index contributed by atoms with van der Waals surface area (Å²) >= 11 is 0. The summed E-state index contributed by atoms with van der Waals surface area (Å²) in [5.74, 6) is 2.88. The van der Waals surface area contributed by atoms with Crippen LogP contribution in [-0.2, 0) is 19.3 Å². The third kappa shape index (κ3) is 6.90. The second kappa shape index (κ2) is 13.8. The zero-order valence-corrected chi connectivity index (χ0v) is 25.5. The summed E-state index contributed by atoms with van der Waals surface area (Å²) in [4.78, 5) is 9.31. The zero-order chi connectivity index (χ0) is 31.0. The van der Waals surface area contributed by atoms with Crippen LogP contribution in [0.25, 0.3) is 0 Å². The Morgan fingerprint density at radius 1 is 0.512 bits per heavy atom. The normalized spacial score (nSPS) is 12.0. The summed E-state index contributed by atoms with van der Waals surface area (Å²) in [5, 5.41) is 0. The Bertz CT molecular complexity index is 1610. The number of benzene rings is 4. The van der Waals surface area contributed by atoms with Gasteiger partial charge in [-0.25, -0.2) is 18.4 Å². The summed E-state index contributed by atoms with van der Waals surface area (Å²) < 4.78 is 59.3. The van der Waals surface area contributed by atoms with Gasteiger partial charge in [-0.2, -0.15) is 0 Å². The highest BCUT2D eigenvalue weighted by atomic mass is 32.2. The van der Waals surface area contributed by atoms with Gasteiger partial charge in [-0.3, -0.25) is 0 Å². The summed E-state index contributed by atoms with van der Waals surface area (Å²) in [6.45, 7) is 0. The molecule has 0 amide bonds. The van der Waals surface area contributed by atoms with Crippen LogP contribution in [0.5, 0.6) is 23.0 Å². The second-order valence-electron chi connectivity index (χ2n) is 8.87. The number of ether oxygens (including phenoxy) is 6. The molecule has 0 fully saturated rings. The largest absolute Gasteiger partial charge is 0.497 e. The van der Waals surface area contributed by atoms with E-state index in [9.17, 15) is 8.42 Å². The lowest BCUT2D eigenvalue weighted by molar-refractivity contribution is 0.385. The Labute approximate surface area is 251 Å². The number of rotatable bonds is 10. The average Bonchev–Trinajstić information content (AvgIpc) is 3.05. The van der Waals surface area contributed by atoms with Gasteiger partial charge in [-0.05, 0) is 84.9 Å². The van der Waals surface area contributed by atoms with Crippen molar-refractivity contribution in [1.29, 1.82) is 0 Å². The molecule has 4 aromatic rings. The zero-order valence-electron chi connectivity index (χ0n) is 24.7. The minimum Gasteiger partial charge on any atom is -0.497 e. The van der Waals surface area contributed by atoms with E-state index in [1.54, 1.807) is 89.1 Å². The first kappa shape index (κ1) is 30.9. The Hall–Kier alpha value is -5.03. The van der Waals surface area contributed by atoms with Crippen molar-refractivity contribution in [2.45, 2.75) is 9.79 Å². The monoisotopic (exact) mass is 604 g/mol. The van der Waals surface area contributed by atoms with Crippen molar-refractivity contribution in [3.05, 3.63) is 96.1 Å². The van der Waals surface area contributed by atoms with Crippen molar-refractivity contribution >= 4 is 33.0 Å². The van der Waals surface area contributed by atoms with Gasteiger partial charge in [0.05, 0.1) is 75.0 Å². The Kier molecular flexibility index (Phi) is 9.89. The molecule has 0 aliphatic heterocycles. The smallest absolute Gasteiger partial charge is 0.224 e. The second-order valence-corrected chi connectivity index (χ2v) is 10.8. The summed E-state index contributed by atoms with van der Waals surface area (Å²) in [6, 6.07) is 22.9. The molecular formula is C32H32N2O8S. The van der Waals surface area contributed by atoms with Gasteiger partial charge in [-0.1, -0.05) is 0 Å². The van der Waals surface area contributed by atoms with E-state index in [2.05, 4.69) is 9.98 Å². The van der Waals surface area contributed by atoms with Crippen LogP contribution in [0.2, 0.25) is 0 Å². The molecule has 0 N–H and O–H groups in total. The van der Waals surface area contributed by atoms with Gasteiger partial charge in [0, 0.05) is 0 Å². The van der Waals surface area contributed by atoms with Crippen LogP contribution in [0.3, 0.4) is 0 Å². The lowest BCUT2D eigenvalue weighted by Crippen LogP contribution is -2.06. The highest BCUT2D eigenvalue weighted by Gasteiger charge is 2.19. The van der Waals surface area contributed by atoms with Gasteiger partial charge in [0.25, 0.3) is 0 Å². The van der Waals surface area contributed by atoms with Crippen LogP contribution in [0.4, 0.5) is 11.4 Å². The molecule has 4 rings (SSSR count). The minimum atomic E-state index is -3.82. The average molecular weight is 605 g/mol. The molecule has 0 heterocycles. The van der Waals surface area contributed by atoms with E-state index in [4.69, 9.17) is 28.4 Å². The molecule has 4 aromatic carbocycles. The van der Waals surface area contributed by atoms with Gasteiger partial charge in [-0.15, -0.1) is 0 Å². The maximum Gasteiger partial charge on any atom is 0.224 e. The van der Waals surface area contributed by atoms with Gasteiger partial charge in [0.1, 0.15) is 23.0 Å². The third-order valence-corrected chi connectivity index (χ3v) is 8.20. The van der Waals surface area contributed by atoms with E-state index in [1.165, 1.54) is 38.5 Å². The number of nitrogens with zero attached hydrogens (tertiary/aromatic N) is 2. The van der Waals surface area contributed by atoms with E-state index in [1.807, 2.05) is 0 Å². The van der Waals surface area contributed by atoms with Crippen molar-refractivity contribution in [1.82, 2.24) is 0 Å². The van der Waals surface area contributed by atoms with E-state index in [0.717, 1.165) is 0 Å². The lowest BCUT2D eigenvalue weighted by atomic mass is 10.2. The summed E-state index contributed by atoms with van der Waals surface area (Å²) in [5.41, 5.74) is 2.16. The minimum absolute atomic E-state index is 0.110. The topological polar surface area (TPSA) is 114 Å². The number of aliphatic imine (C=N–C) groups is 2. The lowest BCUT2D eigenvalue weighted by Gasteiger charge is -2.12. The quantitative estimate of drug-likeness (QED) is 0.160. The highest BCUT2D eigenvalue weighted by Crippen LogP contribution is 2.30. The maximum absolute atomic E-state index is 13.4. The van der Waals surface area contributed by atoms with Gasteiger partial charge in [0.15, 0.2) is 0 Å². The third-order valence-electron chi connectivity index (χ3n) is 6.42. The summed E-state index contributed by atoms with van der Waals surface area (Å²) in [6.07, 6.45) is 0. The van der Waals surface area contributed by atoms with Crippen molar-refractivity contribution < 1.29 is 36.8 Å². The molecule has 0 saturated heterocycles. The number of methoxy groups -OCH3 is 6. The molecule has 0 aliphatic rings. The van der Waals surface area contributed by atoms with Crippen LogP contribution in [0.15, 0.2) is 105 Å². The van der Waals surface area contributed by atoms with E-state index in [-0.39, 0.29) is 21.6 Å². The Balaban J connectivity index is 1.60. The van der Waals surface area contributed by atoms with Crippen LogP contribution in [-0.4, -0.2) is 62.9 Å².